The van der Waals surface area contributed by atoms with E-state index in [0.29, 0.717) is 0 Å². The molecule has 1 N–H and O–H groups in total. The Hall–Kier alpha value is -3.05. The van der Waals surface area contributed by atoms with E-state index in [1.807, 2.05) is 43.5 Å². The van der Waals surface area contributed by atoms with Gasteiger partial charge in [0, 0.05) is 34.2 Å². The van der Waals surface area contributed by atoms with E-state index in [0.717, 1.165) is 56.8 Å². The third-order valence-corrected chi connectivity index (χ3v) is 5.63. The summed E-state index contributed by atoms with van der Waals surface area (Å²) in [5, 5.41) is 5.23. The van der Waals surface area contributed by atoms with E-state index in [-0.39, 0.29) is 0 Å². The molecule has 0 saturated carbocycles. The first-order valence-electron chi connectivity index (χ1n) is 9.69. The molecular formula is C23H24ClN5. The minimum Gasteiger partial charge on any atom is -0.318 e. The van der Waals surface area contributed by atoms with Crippen LogP contribution in [-0.2, 0) is 6.54 Å². The highest BCUT2D eigenvalue weighted by Gasteiger charge is 2.11. The number of aromatic nitrogens is 3. The maximum absolute atomic E-state index is 6.33. The molecule has 148 valence electrons. The summed E-state index contributed by atoms with van der Waals surface area (Å²) in [4.78, 5) is 4.64. The van der Waals surface area contributed by atoms with Gasteiger partial charge < -0.3 is 9.13 Å². The summed E-state index contributed by atoms with van der Waals surface area (Å²) in [5.74, 6) is 0.740. The second kappa shape index (κ2) is 7.76. The van der Waals surface area contributed by atoms with Crippen molar-refractivity contribution in [1.82, 2.24) is 14.1 Å². The average Bonchev–Trinajstić information content (AvgIpc) is 3.20. The van der Waals surface area contributed by atoms with E-state index in [4.69, 9.17) is 11.6 Å². The van der Waals surface area contributed by atoms with Crippen LogP contribution in [0.15, 0.2) is 53.6 Å². The highest BCUT2D eigenvalue weighted by molar-refractivity contribution is 6.31. The maximum atomic E-state index is 6.33. The summed E-state index contributed by atoms with van der Waals surface area (Å²) in [7, 11) is 0. The molecule has 0 radical (unpaired) electrons. The van der Waals surface area contributed by atoms with E-state index in [9.17, 15) is 0 Å². The lowest BCUT2D eigenvalue weighted by molar-refractivity contribution is 0.791. The van der Waals surface area contributed by atoms with E-state index in [2.05, 4.69) is 63.6 Å². The summed E-state index contributed by atoms with van der Waals surface area (Å²) in [5.41, 5.74) is 10.6. The Labute approximate surface area is 175 Å². The Bertz CT molecular complexity index is 1220. The number of hydrogen-bond acceptors (Lipinski definition) is 3. The second-order valence-corrected chi connectivity index (χ2v) is 7.54. The zero-order chi connectivity index (χ0) is 20.5. The van der Waals surface area contributed by atoms with Gasteiger partial charge in [0.05, 0.1) is 17.2 Å². The molecule has 4 aromatic rings. The first kappa shape index (κ1) is 19.3. The molecule has 0 unspecified atom stereocenters. The number of nitrogens with one attached hydrogen (secondary N) is 1. The molecule has 0 amide bonds. The van der Waals surface area contributed by atoms with Crippen LogP contribution in [0.5, 0.6) is 0 Å². The third-order valence-electron chi connectivity index (χ3n) is 5.22. The SMILES string of the molecule is CCn1c(N/N=C\c2cc(C)n(-c3ccc(C)c(Cl)c3)c2C)nc2ccccc21. The minimum absolute atomic E-state index is 0.740. The van der Waals surface area contributed by atoms with Crippen LogP contribution in [-0.4, -0.2) is 20.3 Å². The van der Waals surface area contributed by atoms with Crippen molar-refractivity contribution in [3.8, 4) is 5.69 Å². The quantitative estimate of drug-likeness (QED) is 0.333. The Morgan fingerprint density at radius 2 is 1.90 bits per heavy atom. The van der Waals surface area contributed by atoms with Crippen LogP contribution < -0.4 is 5.43 Å². The molecular weight excluding hydrogens is 382 g/mol. The molecule has 0 spiro atoms. The smallest absolute Gasteiger partial charge is 0.224 e. The van der Waals surface area contributed by atoms with Crippen LogP contribution >= 0.6 is 11.6 Å². The molecule has 2 aromatic heterocycles. The van der Waals surface area contributed by atoms with Gasteiger partial charge in [0.15, 0.2) is 0 Å². The first-order valence-corrected chi connectivity index (χ1v) is 10.1. The van der Waals surface area contributed by atoms with Crippen molar-refractivity contribution < 1.29 is 0 Å². The fourth-order valence-corrected chi connectivity index (χ4v) is 3.85. The van der Waals surface area contributed by atoms with Crippen molar-refractivity contribution in [2.45, 2.75) is 34.2 Å². The van der Waals surface area contributed by atoms with Gasteiger partial charge in [-0.1, -0.05) is 29.8 Å². The summed E-state index contributed by atoms with van der Waals surface area (Å²) in [6, 6.07) is 16.4. The number of rotatable bonds is 5. The largest absolute Gasteiger partial charge is 0.318 e. The molecule has 0 aliphatic rings. The number of fused-ring (bicyclic) bond motifs is 1. The normalized spacial score (nSPS) is 11.6. The number of nitrogens with zero attached hydrogens (tertiary/aromatic N) is 4. The van der Waals surface area contributed by atoms with Crippen molar-refractivity contribution >= 4 is 34.8 Å². The summed E-state index contributed by atoms with van der Waals surface area (Å²) >= 11 is 6.33. The molecule has 2 aromatic carbocycles. The highest BCUT2D eigenvalue weighted by atomic mass is 35.5. The van der Waals surface area contributed by atoms with Gasteiger partial charge in [0.2, 0.25) is 5.95 Å². The van der Waals surface area contributed by atoms with Gasteiger partial charge in [0.1, 0.15) is 0 Å². The second-order valence-electron chi connectivity index (χ2n) is 7.13. The number of aryl methyl sites for hydroxylation is 3. The summed E-state index contributed by atoms with van der Waals surface area (Å²) in [6.07, 6.45) is 1.84. The van der Waals surface area contributed by atoms with Crippen molar-refractivity contribution in [3.05, 3.63) is 76.1 Å². The molecule has 4 rings (SSSR count). The van der Waals surface area contributed by atoms with Crippen LogP contribution in [0.25, 0.3) is 16.7 Å². The van der Waals surface area contributed by atoms with Crippen molar-refractivity contribution in [3.63, 3.8) is 0 Å². The van der Waals surface area contributed by atoms with Crippen LogP contribution in [0.2, 0.25) is 5.02 Å². The maximum Gasteiger partial charge on any atom is 0.224 e. The summed E-state index contributed by atoms with van der Waals surface area (Å²) in [6.45, 7) is 9.10. The number of hydrogen-bond donors (Lipinski definition) is 1. The fourth-order valence-electron chi connectivity index (χ4n) is 3.68. The number of halogens is 1. The minimum atomic E-state index is 0.740. The van der Waals surface area contributed by atoms with Gasteiger partial charge >= 0.3 is 0 Å². The third kappa shape index (κ3) is 3.54. The Morgan fingerprint density at radius 3 is 2.66 bits per heavy atom. The van der Waals surface area contributed by atoms with E-state index in [1.165, 1.54) is 0 Å². The van der Waals surface area contributed by atoms with Gasteiger partial charge in [-0.25, -0.2) is 10.4 Å². The van der Waals surface area contributed by atoms with Crippen molar-refractivity contribution in [2.24, 2.45) is 5.10 Å². The Balaban J connectivity index is 1.62. The van der Waals surface area contributed by atoms with Gasteiger partial charge in [-0.3, -0.25) is 0 Å². The van der Waals surface area contributed by atoms with Crippen LogP contribution in [0.1, 0.15) is 29.4 Å². The van der Waals surface area contributed by atoms with Gasteiger partial charge in [-0.05, 0) is 63.6 Å². The topological polar surface area (TPSA) is 47.1 Å². The van der Waals surface area contributed by atoms with Crippen LogP contribution in [0.3, 0.4) is 0 Å². The molecule has 0 aliphatic heterocycles. The monoisotopic (exact) mass is 405 g/mol. The molecule has 0 saturated heterocycles. The van der Waals surface area contributed by atoms with Gasteiger partial charge in [-0.2, -0.15) is 5.10 Å². The van der Waals surface area contributed by atoms with Crippen molar-refractivity contribution in [2.75, 3.05) is 5.43 Å². The molecule has 29 heavy (non-hydrogen) atoms. The molecule has 0 bridgehead atoms. The molecule has 0 atom stereocenters. The summed E-state index contributed by atoms with van der Waals surface area (Å²) < 4.78 is 4.30. The number of para-hydroxylation sites is 2. The lowest BCUT2D eigenvalue weighted by atomic mass is 10.2. The molecule has 6 heteroatoms. The van der Waals surface area contributed by atoms with E-state index in [1.54, 1.807) is 0 Å². The lowest BCUT2D eigenvalue weighted by Crippen LogP contribution is -2.02. The standard InChI is InChI=1S/C23H24ClN5/c1-5-28-22-9-7-6-8-21(22)26-23(28)27-25-14-18-12-16(3)29(17(18)4)19-11-10-15(2)20(24)13-19/h6-14H,5H2,1-4H3,(H,26,27)/b25-14-. The van der Waals surface area contributed by atoms with E-state index < -0.39 is 0 Å². The lowest BCUT2D eigenvalue weighted by Gasteiger charge is -2.11. The Morgan fingerprint density at radius 1 is 1.10 bits per heavy atom. The predicted molar refractivity (Wildman–Crippen MR) is 122 cm³/mol. The molecule has 5 nitrogen and oxygen atoms in total. The predicted octanol–water partition coefficient (Wildman–Crippen LogP) is 5.87. The molecule has 2 heterocycles. The molecule has 0 aliphatic carbocycles. The first-order chi connectivity index (χ1) is 14.0. The van der Waals surface area contributed by atoms with Crippen LogP contribution in [0, 0.1) is 20.8 Å². The van der Waals surface area contributed by atoms with Crippen molar-refractivity contribution in [1.29, 1.82) is 0 Å². The highest BCUT2D eigenvalue weighted by Crippen LogP contribution is 2.24. The average molecular weight is 406 g/mol. The number of anilines is 1. The van der Waals surface area contributed by atoms with Crippen LogP contribution in [0.4, 0.5) is 5.95 Å². The Kier molecular flexibility index (Phi) is 5.16. The number of benzene rings is 2. The van der Waals surface area contributed by atoms with Gasteiger partial charge in [0.25, 0.3) is 0 Å². The van der Waals surface area contributed by atoms with Gasteiger partial charge in [-0.15, -0.1) is 0 Å². The zero-order valence-electron chi connectivity index (χ0n) is 17.1. The molecule has 0 fully saturated rings. The number of imidazole rings is 1. The number of hydrazone groups is 1. The zero-order valence-corrected chi connectivity index (χ0v) is 17.8. The fraction of sp³-hybridized carbons (Fsp3) is 0.217. The van der Waals surface area contributed by atoms with E-state index >= 15 is 0 Å².